The van der Waals surface area contributed by atoms with Gasteiger partial charge in [0.25, 0.3) is 11.8 Å². The molecular weight excluding hydrogens is 422 g/mol. The molecule has 8 nitrogen and oxygen atoms in total. The van der Waals surface area contributed by atoms with Gasteiger partial charge in [-0.15, -0.1) is 0 Å². The number of carbonyl (C=O) groups is 4. The Balaban J connectivity index is 1.61. The Bertz CT molecular complexity index is 1170. The van der Waals surface area contributed by atoms with E-state index < -0.39 is 29.7 Å². The minimum atomic E-state index is -1.08. The number of benzene rings is 2. The maximum atomic E-state index is 13.2. The van der Waals surface area contributed by atoms with Gasteiger partial charge in [0.1, 0.15) is 6.04 Å². The van der Waals surface area contributed by atoms with Gasteiger partial charge >= 0.3 is 5.97 Å². The average Bonchev–Trinajstić information content (AvgIpc) is 3.11. The third-order valence-electron chi connectivity index (χ3n) is 5.41. The molecule has 1 N–H and O–H groups in total. The number of ether oxygens (including phenoxy) is 1. The van der Waals surface area contributed by atoms with Crippen LogP contribution in [0, 0.1) is 0 Å². The Hall–Kier alpha value is -4.33. The second kappa shape index (κ2) is 9.44. The van der Waals surface area contributed by atoms with Crippen LogP contribution in [0.1, 0.15) is 42.3 Å². The van der Waals surface area contributed by atoms with Gasteiger partial charge < -0.3 is 10.1 Å². The average molecular weight is 443 g/mol. The Morgan fingerprint density at radius 1 is 0.939 bits per heavy atom. The smallest absolute Gasteiger partial charge is 0.337 e. The molecule has 1 atom stereocenters. The standard InChI is InChI=1S/C25H21N3O5/c1-33-25(32)17-11-9-16(10-12-17)14-21(22(29)27-15-18-6-4-5-13-26-18)28-23(30)19-7-2-3-8-20(19)24(28)31/h2-13,21H,14-15H2,1H3,(H,27,29)/t21-/m0/s1. The predicted molar refractivity (Wildman–Crippen MR) is 118 cm³/mol. The Kier molecular flexibility index (Phi) is 6.26. The lowest BCUT2D eigenvalue weighted by molar-refractivity contribution is -0.125. The fourth-order valence-corrected chi connectivity index (χ4v) is 3.71. The normalized spacial score (nSPS) is 13.4. The number of aromatic nitrogens is 1. The number of carbonyl (C=O) groups excluding carboxylic acids is 4. The molecule has 3 aromatic rings. The van der Waals surface area contributed by atoms with E-state index in [0.29, 0.717) is 16.8 Å². The van der Waals surface area contributed by atoms with Crippen molar-refractivity contribution in [2.45, 2.75) is 19.0 Å². The minimum absolute atomic E-state index is 0.0843. The molecule has 0 aliphatic carbocycles. The summed E-state index contributed by atoms with van der Waals surface area (Å²) in [6, 6.07) is 17.3. The highest BCUT2D eigenvalue weighted by molar-refractivity contribution is 6.22. The first-order valence-electron chi connectivity index (χ1n) is 10.3. The number of amides is 3. The number of hydrogen-bond acceptors (Lipinski definition) is 6. The maximum absolute atomic E-state index is 13.2. The van der Waals surface area contributed by atoms with E-state index in [-0.39, 0.29) is 24.1 Å². The van der Waals surface area contributed by atoms with Gasteiger partial charge in [-0.2, -0.15) is 0 Å². The summed E-state index contributed by atoms with van der Waals surface area (Å²) in [6.45, 7) is 0.153. The van der Waals surface area contributed by atoms with Crippen molar-refractivity contribution in [1.29, 1.82) is 0 Å². The minimum Gasteiger partial charge on any atom is -0.465 e. The SMILES string of the molecule is COC(=O)c1ccc(C[C@@H](C(=O)NCc2ccccn2)N2C(=O)c3ccccc3C2=O)cc1. The largest absolute Gasteiger partial charge is 0.465 e. The van der Waals surface area contributed by atoms with Gasteiger partial charge in [-0.3, -0.25) is 24.3 Å². The van der Waals surface area contributed by atoms with Gasteiger partial charge in [-0.05, 0) is 42.0 Å². The molecule has 0 bridgehead atoms. The number of hydrogen-bond donors (Lipinski definition) is 1. The molecule has 33 heavy (non-hydrogen) atoms. The number of rotatable bonds is 7. The van der Waals surface area contributed by atoms with Crippen molar-refractivity contribution >= 4 is 23.7 Å². The van der Waals surface area contributed by atoms with Gasteiger partial charge in [-0.1, -0.05) is 30.3 Å². The fourth-order valence-electron chi connectivity index (χ4n) is 3.71. The fraction of sp³-hybridized carbons (Fsp3) is 0.160. The first-order valence-corrected chi connectivity index (χ1v) is 10.3. The number of fused-ring (bicyclic) bond motifs is 1. The number of esters is 1. The van der Waals surface area contributed by atoms with Gasteiger partial charge in [0.2, 0.25) is 5.91 Å². The molecule has 8 heteroatoms. The molecule has 0 saturated carbocycles. The molecule has 1 aliphatic rings. The number of imide groups is 1. The van der Waals surface area contributed by atoms with Crippen LogP contribution in [0.2, 0.25) is 0 Å². The van der Waals surface area contributed by atoms with Gasteiger partial charge in [0, 0.05) is 12.6 Å². The third kappa shape index (κ3) is 4.50. The van der Waals surface area contributed by atoms with E-state index in [1.807, 2.05) is 0 Å². The monoisotopic (exact) mass is 443 g/mol. The second-order valence-electron chi connectivity index (χ2n) is 7.47. The molecule has 2 aromatic carbocycles. The van der Waals surface area contributed by atoms with Crippen molar-refractivity contribution < 1.29 is 23.9 Å². The first-order chi connectivity index (χ1) is 16.0. The molecule has 0 unspecified atom stereocenters. The van der Waals surface area contributed by atoms with Crippen molar-refractivity contribution in [3.05, 3.63) is 101 Å². The molecule has 166 valence electrons. The second-order valence-corrected chi connectivity index (χ2v) is 7.47. The van der Waals surface area contributed by atoms with Crippen molar-refractivity contribution in [2.24, 2.45) is 0 Å². The Morgan fingerprint density at radius 3 is 2.15 bits per heavy atom. The zero-order chi connectivity index (χ0) is 23.4. The molecule has 3 amide bonds. The molecule has 1 aliphatic heterocycles. The van der Waals surface area contributed by atoms with Crippen LogP contribution >= 0.6 is 0 Å². The lowest BCUT2D eigenvalue weighted by atomic mass is 10.0. The van der Waals surface area contributed by atoms with E-state index in [4.69, 9.17) is 4.74 Å². The van der Waals surface area contributed by atoms with E-state index >= 15 is 0 Å². The number of methoxy groups -OCH3 is 1. The summed E-state index contributed by atoms with van der Waals surface area (Å²) in [5, 5.41) is 2.78. The molecule has 0 radical (unpaired) electrons. The van der Waals surface area contributed by atoms with Gasteiger partial charge in [-0.25, -0.2) is 4.79 Å². The van der Waals surface area contributed by atoms with Crippen molar-refractivity contribution in [2.75, 3.05) is 7.11 Å². The Labute approximate surface area is 190 Å². The zero-order valence-electron chi connectivity index (χ0n) is 17.9. The highest BCUT2D eigenvalue weighted by Gasteiger charge is 2.42. The van der Waals surface area contributed by atoms with Crippen LogP contribution in [-0.4, -0.2) is 46.7 Å². The van der Waals surface area contributed by atoms with Crippen LogP contribution in [0.25, 0.3) is 0 Å². The number of pyridine rings is 1. The number of nitrogens with one attached hydrogen (secondary N) is 1. The van der Waals surface area contributed by atoms with Gasteiger partial charge in [0.15, 0.2) is 0 Å². The molecule has 0 fully saturated rings. The van der Waals surface area contributed by atoms with Crippen LogP contribution in [0.4, 0.5) is 0 Å². The highest BCUT2D eigenvalue weighted by Crippen LogP contribution is 2.26. The summed E-state index contributed by atoms with van der Waals surface area (Å²) in [4.78, 5) is 56.2. The van der Waals surface area contributed by atoms with E-state index in [1.165, 1.54) is 7.11 Å². The lowest BCUT2D eigenvalue weighted by Gasteiger charge is -2.25. The topological polar surface area (TPSA) is 106 Å². The summed E-state index contributed by atoms with van der Waals surface area (Å²) in [5.41, 5.74) is 2.22. The molecule has 4 rings (SSSR count). The maximum Gasteiger partial charge on any atom is 0.337 e. The van der Waals surface area contributed by atoms with Crippen LogP contribution in [0.5, 0.6) is 0 Å². The Morgan fingerprint density at radius 2 is 1.58 bits per heavy atom. The van der Waals surface area contributed by atoms with E-state index in [2.05, 4.69) is 10.3 Å². The number of nitrogens with zero attached hydrogens (tertiary/aromatic N) is 2. The molecule has 0 saturated heterocycles. The summed E-state index contributed by atoms with van der Waals surface area (Å²) in [7, 11) is 1.29. The van der Waals surface area contributed by atoms with E-state index in [1.54, 1.807) is 72.9 Å². The summed E-state index contributed by atoms with van der Waals surface area (Å²) in [5.74, 6) is -1.99. The summed E-state index contributed by atoms with van der Waals surface area (Å²) >= 11 is 0. The van der Waals surface area contributed by atoms with Crippen molar-refractivity contribution in [3.8, 4) is 0 Å². The van der Waals surface area contributed by atoms with Crippen LogP contribution in [0.3, 0.4) is 0 Å². The molecule has 0 spiro atoms. The lowest BCUT2D eigenvalue weighted by Crippen LogP contribution is -2.50. The van der Waals surface area contributed by atoms with Crippen molar-refractivity contribution in [1.82, 2.24) is 15.2 Å². The quantitative estimate of drug-likeness (QED) is 0.444. The zero-order valence-corrected chi connectivity index (χ0v) is 17.9. The van der Waals surface area contributed by atoms with Crippen LogP contribution in [0.15, 0.2) is 72.9 Å². The molecule has 2 heterocycles. The summed E-state index contributed by atoms with van der Waals surface area (Å²) < 4.78 is 4.71. The van der Waals surface area contributed by atoms with Crippen molar-refractivity contribution in [3.63, 3.8) is 0 Å². The predicted octanol–water partition coefficient (Wildman–Crippen LogP) is 2.39. The van der Waals surface area contributed by atoms with E-state index in [9.17, 15) is 19.2 Å². The molecule has 1 aromatic heterocycles. The summed E-state index contributed by atoms with van der Waals surface area (Å²) in [6.07, 6.45) is 1.70. The molecular formula is C25H21N3O5. The third-order valence-corrected chi connectivity index (χ3v) is 5.41. The highest BCUT2D eigenvalue weighted by atomic mass is 16.5. The van der Waals surface area contributed by atoms with Gasteiger partial charge in [0.05, 0.1) is 36.0 Å². The van der Waals surface area contributed by atoms with Crippen LogP contribution in [-0.2, 0) is 22.5 Å². The van der Waals surface area contributed by atoms with Crippen LogP contribution < -0.4 is 5.32 Å². The van der Waals surface area contributed by atoms with E-state index in [0.717, 1.165) is 4.90 Å². The first kappa shape index (κ1) is 21.9.